The molecule has 0 unspecified atom stereocenters. The van der Waals surface area contributed by atoms with Crippen molar-refractivity contribution in [2.24, 2.45) is 0 Å². The minimum atomic E-state index is 0.309. The molecule has 2 aromatic rings. The summed E-state index contributed by atoms with van der Waals surface area (Å²) in [7, 11) is 0. The Hall–Kier alpha value is -1.21. The summed E-state index contributed by atoms with van der Waals surface area (Å²) in [6, 6.07) is 14.5. The average molecular weight is 233 g/mol. The molecule has 1 fully saturated rings. The molecule has 0 radical (unpaired) electrons. The summed E-state index contributed by atoms with van der Waals surface area (Å²) < 4.78 is 5.84. The van der Waals surface area contributed by atoms with E-state index in [-0.39, 0.29) is 0 Å². The predicted molar refractivity (Wildman–Crippen MR) is 67.2 cm³/mol. The van der Waals surface area contributed by atoms with Crippen molar-refractivity contribution in [3.63, 3.8) is 0 Å². The maximum absolute atomic E-state index is 5.93. The maximum Gasteiger partial charge on any atom is 0.120 e. The van der Waals surface area contributed by atoms with Crippen LogP contribution in [-0.2, 0) is 0 Å². The Morgan fingerprint density at radius 2 is 1.75 bits per heavy atom. The molecule has 0 N–H and O–H groups in total. The van der Waals surface area contributed by atoms with Crippen molar-refractivity contribution in [2.45, 2.75) is 24.3 Å². The van der Waals surface area contributed by atoms with Crippen LogP contribution in [0, 0.1) is 0 Å². The number of hydrogen-bond acceptors (Lipinski definition) is 1. The zero-order valence-electron chi connectivity index (χ0n) is 8.90. The Balaban J connectivity index is 1.82. The van der Waals surface area contributed by atoms with Gasteiger partial charge in [-0.2, -0.15) is 0 Å². The van der Waals surface area contributed by atoms with Crippen LogP contribution in [0.15, 0.2) is 42.5 Å². The van der Waals surface area contributed by atoms with E-state index >= 15 is 0 Å². The van der Waals surface area contributed by atoms with Crippen molar-refractivity contribution in [3.8, 4) is 5.75 Å². The summed E-state index contributed by atoms with van der Waals surface area (Å²) in [6.07, 6.45) is 2.24. The number of rotatable bonds is 2. The van der Waals surface area contributed by atoms with Crippen LogP contribution < -0.4 is 4.74 Å². The average Bonchev–Trinajstić information content (AvgIpc) is 2.27. The lowest BCUT2D eigenvalue weighted by Crippen LogP contribution is -2.34. The topological polar surface area (TPSA) is 9.23 Å². The second kappa shape index (κ2) is 3.99. The molecule has 0 saturated heterocycles. The van der Waals surface area contributed by atoms with Crippen molar-refractivity contribution in [1.82, 2.24) is 0 Å². The molecule has 0 heterocycles. The van der Waals surface area contributed by atoms with Gasteiger partial charge in [0, 0.05) is 18.2 Å². The molecule has 3 rings (SSSR count). The summed E-state index contributed by atoms with van der Waals surface area (Å²) in [5, 5.41) is 2.78. The van der Waals surface area contributed by atoms with Gasteiger partial charge in [0.25, 0.3) is 0 Å². The second-order valence-electron chi connectivity index (χ2n) is 4.32. The molecule has 1 saturated carbocycles. The van der Waals surface area contributed by atoms with Crippen molar-refractivity contribution in [3.05, 3.63) is 42.5 Å². The molecule has 0 amide bonds. The minimum Gasteiger partial charge on any atom is -0.490 e. The van der Waals surface area contributed by atoms with E-state index in [0.29, 0.717) is 11.5 Å². The summed E-state index contributed by atoms with van der Waals surface area (Å²) in [6.45, 7) is 0. The molecule has 82 valence electrons. The summed E-state index contributed by atoms with van der Waals surface area (Å²) >= 11 is 5.93. The lowest BCUT2D eigenvalue weighted by Gasteiger charge is -2.31. The van der Waals surface area contributed by atoms with Gasteiger partial charge in [0.05, 0.1) is 0 Å². The van der Waals surface area contributed by atoms with Crippen LogP contribution in [0.3, 0.4) is 0 Å². The van der Waals surface area contributed by atoms with Gasteiger partial charge in [-0.05, 0) is 22.9 Å². The van der Waals surface area contributed by atoms with Gasteiger partial charge in [-0.1, -0.05) is 30.3 Å². The van der Waals surface area contributed by atoms with Crippen LogP contribution >= 0.6 is 11.6 Å². The quantitative estimate of drug-likeness (QED) is 0.712. The first-order valence-electron chi connectivity index (χ1n) is 5.61. The molecular formula is C14H13ClO. The van der Waals surface area contributed by atoms with Crippen molar-refractivity contribution in [1.29, 1.82) is 0 Å². The van der Waals surface area contributed by atoms with Crippen LogP contribution in [-0.4, -0.2) is 11.5 Å². The van der Waals surface area contributed by atoms with E-state index < -0.39 is 0 Å². The van der Waals surface area contributed by atoms with Gasteiger partial charge >= 0.3 is 0 Å². The zero-order valence-corrected chi connectivity index (χ0v) is 9.65. The monoisotopic (exact) mass is 232 g/mol. The van der Waals surface area contributed by atoms with E-state index in [0.717, 1.165) is 18.6 Å². The number of benzene rings is 2. The fraction of sp³-hybridized carbons (Fsp3) is 0.286. The maximum atomic E-state index is 5.93. The van der Waals surface area contributed by atoms with Crippen molar-refractivity contribution >= 4 is 22.4 Å². The Kier molecular flexibility index (Phi) is 2.49. The molecule has 1 aliphatic rings. The van der Waals surface area contributed by atoms with E-state index in [1.165, 1.54) is 10.8 Å². The molecule has 2 aromatic carbocycles. The second-order valence-corrected chi connectivity index (χ2v) is 4.93. The number of ether oxygens (including phenoxy) is 1. The van der Waals surface area contributed by atoms with E-state index in [2.05, 4.69) is 24.3 Å². The van der Waals surface area contributed by atoms with Crippen molar-refractivity contribution < 1.29 is 4.74 Å². The normalized spacial score (nSPS) is 24.1. The fourth-order valence-electron chi connectivity index (χ4n) is 2.03. The number of fused-ring (bicyclic) bond motifs is 1. The fourth-order valence-corrected chi connectivity index (χ4v) is 2.43. The third-order valence-electron chi connectivity index (χ3n) is 3.06. The molecule has 1 nitrogen and oxygen atoms in total. The molecule has 0 aromatic heterocycles. The van der Waals surface area contributed by atoms with Crippen LogP contribution in [0.1, 0.15) is 12.8 Å². The SMILES string of the molecule is ClC1CC(Oc2ccc3ccccc3c2)C1. The number of hydrogen-bond donors (Lipinski definition) is 0. The number of alkyl halides is 1. The smallest absolute Gasteiger partial charge is 0.120 e. The summed E-state index contributed by atoms with van der Waals surface area (Å²) in [4.78, 5) is 0. The molecule has 16 heavy (non-hydrogen) atoms. The third kappa shape index (κ3) is 1.88. The van der Waals surface area contributed by atoms with Gasteiger partial charge in [-0.25, -0.2) is 0 Å². The molecule has 0 atom stereocenters. The molecular weight excluding hydrogens is 220 g/mol. The highest BCUT2D eigenvalue weighted by atomic mass is 35.5. The Labute approximate surface area is 100.0 Å². The lowest BCUT2D eigenvalue weighted by molar-refractivity contribution is 0.124. The molecule has 0 bridgehead atoms. The van der Waals surface area contributed by atoms with Crippen LogP contribution in [0.2, 0.25) is 0 Å². The van der Waals surface area contributed by atoms with Crippen molar-refractivity contribution in [2.75, 3.05) is 0 Å². The van der Waals surface area contributed by atoms with Gasteiger partial charge in [0.1, 0.15) is 11.9 Å². The summed E-state index contributed by atoms with van der Waals surface area (Å²) in [5.41, 5.74) is 0. The highest BCUT2D eigenvalue weighted by molar-refractivity contribution is 6.21. The Morgan fingerprint density at radius 3 is 2.50 bits per heavy atom. The summed E-state index contributed by atoms with van der Waals surface area (Å²) in [5.74, 6) is 0.951. The highest BCUT2D eigenvalue weighted by Gasteiger charge is 2.28. The van der Waals surface area contributed by atoms with Gasteiger partial charge in [0.2, 0.25) is 0 Å². The standard InChI is InChI=1S/C14H13ClO/c15-12-8-14(9-12)16-13-6-5-10-3-1-2-4-11(10)7-13/h1-7,12,14H,8-9H2. The van der Waals surface area contributed by atoms with Gasteiger partial charge < -0.3 is 4.74 Å². The largest absolute Gasteiger partial charge is 0.490 e. The first-order valence-corrected chi connectivity index (χ1v) is 6.04. The third-order valence-corrected chi connectivity index (χ3v) is 3.42. The first kappa shape index (κ1) is 9.98. The zero-order chi connectivity index (χ0) is 11.0. The minimum absolute atomic E-state index is 0.309. The van der Waals surface area contributed by atoms with E-state index in [9.17, 15) is 0 Å². The van der Waals surface area contributed by atoms with Crippen LogP contribution in [0.25, 0.3) is 10.8 Å². The lowest BCUT2D eigenvalue weighted by atomic mass is 9.95. The molecule has 2 heteroatoms. The Morgan fingerprint density at radius 1 is 1.00 bits per heavy atom. The molecule has 1 aliphatic carbocycles. The first-order chi connectivity index (χ1) is 7.81. The molecule has 0 spiro atoms. The Bertz CT molecular complexity index is 503. The van der Waals surface area contributed by atoms with Crippen LogP contribution in [0.5, 0.6) is 5.75 Å². The van der Waals surface area contributed by atoms with E-state index in [1.54, 1.807) is 0 Å². The van der Waals surface area contributed by atoms with Crippen LogP contribution in [0.4, 0.5) is 0 Å². The van der Waals surface area contributed by atoms with E-state index in [1.807, 2.05) is 18.2 Å². The number of halogens is 1. The highest BCUT2D eigenvalue weighted by Crippen LogP contribution is 2.30. The van der Waals surface area contributed by atoms with Gasteiger partial charge in [0.15, 0.2) is 0 Å². The van der Waals surface area contributed by atoms with E-state index in [4.69, 9.17) is 16.3 Å². The van der Waals surface area contributed by atoms with Gasteiger partial charge in [-0.3, -0.25) is 0 Å². The molecule has 0 aliphatic heterocycles. The van der Waals surface area contributed by atoms with Gasteiger partial charge in [-0.15, -0.1) is 11.6 Å². The predicted octanol–water partition coefficient (Wildman–Crippen LogP) is 3.99.